The van der Waals surface area contributed by atoms with Gasteiger partial charge in [0.1, 0.15) is 0 Å². The van der Waals surface area contributed by atoms with E-state index in [4.69, 9.17) is 4.74 Å². The van der Waals surface area contributed by atoms with E-state index in [9.17, 15) is 13.2 Å². The highest BCUT2D eigenvalue weighted by molar-refractivity contribution is 7.91. The molecular formula is C17H22N2O4S. The van der Waals surface area contributed by atoms with Crippen LogP contribution in [-0.2, 0) is 21.6 Å². The van der Waals surface area contributed by atoms with E-state index in [0.29, 0.717) is 25.1 Å². The van der Waals surface area contributed by atoms with Crippen LogP contribution in [0, 0.1) is 0 Å². The van der Waals surface area contributed by atoms with Crippen LogP contribution in [0.2, 0.25) is 0 Å². The summed E-state index contributed by atoms with van der Waals surface area (Å²) in [6.07, 6.45) is 2.41. The van der Waals surface area contributed by atoms with Crippen molar-refractivity contribution in [3.8, 4) is 0 Å². The third-order valence-electron chi connectivity index (χ3n) is 4.60. The van der Waals surface area contributed by atoms with E-state index in [1.807, 2.05) is 36.0 Å². The Morgan fingerprint density at radius 1 is 1.38 bits per heavy atom. The van der Waals surface area contributed by atoms with Gasteiger partial charge in [-0.1, -0.05) is 6.07 Å². The van der Waals surface area contributed by atoms with Crippen LogP contribution in [0.15, 0.2) is 30.5 Å². The normalized spacial score (nSPS) is 19.7. The minimum absolute atomic E-state index is 0.0349. The highest BCUT2D eigenvalue weighted by Crippen LogP contribution is 2.24. The van der Waals surface area contributed by atoms with Gasteiger partial charge in [0.2, 0.25) is 0 Å². The standard InChI is InChI=1S/C17H22N2O4S/c1-18-8-6-14-15(4-3-5-16(14)18)17(20)19(9-10-23-2)13-7-11-24(21,22)12-13/h3-6,8,13H,7,9-12H2,1-2H3. The Morgan fingerprint density at radius 3 is 2.83 bits per heavy atom. The molecule has 6 nitrogen and oxygen atoms in total. The summed E-state index contributed by atoms with van der Waals surface area (Å²) < 4.78 is 30.7. The highest BCUT2D eigenvalue weighted by Gasteiger charge is 2.35. The molecule has 7 heteroatoms. The van der Waals surface area contributed by atoms with Crippen LogP contribution in [0.5, 0.6) is 0 Å². The van der Waals surface area contributed by atoms with Crippen molar-refractivity contribution in [1.82, 2.24) is 9.47 Å². The van der Waals surface area contributed by atoms with Crippen molar-refractivity contribution in [2.45, 2.75) is 12.5 Å². The van der Waals surface area contributed by atoms with E-state index in [1.54, 1.807) is 18.1 Å². The van der Waals surface area contributed by atoms with Crippen molar-refractivity contribution in [2.75, 3.05) is 31.8 Å². The largest absolute Gasteiger partial charge is 0.383 e. The number of carbonyl (C=O) groups excluding carboxylic acids is 1. The number of sulfone groups is 1. The molecule has 1 fully saturated rings. The number of nitrogens with zero attached hydrogens (tertiary/aromatic N) is 2. The minimum Gasteiger partial charge on any atom is -0.383 e. The molecule has 1 aromatic heterocycles. The molecule has 3 rings (SSSR count). The zero-order valence-corrected chi connectivity index (χ0v) is 14.8. The first-order chi connectivity index (χ1) is 11.4. The monoisotopic (exact) mass is 350 g/mol. The second-order valence-electron chi connectivity index (χ2n) is 6.21. The van der Waals surface area contributed by atoms with Crippen LogP contribution in [0.25, 0.3) is 10.9 Å². The average molecular weight is 350 g/mol. The molecule has 1 unspecified atom stereocenters. The number of aromatic nitrogens is 1. The zero-order chi connectivity index (χ0) is 17.3. The van der Waals surface area contributed by atoms with Crippen LogP contribution in [0.1, 0.15) is 16.8 Å². The Kier molecular flexibility index (Phi) is 4.64. The second-order valence-corrected chi connectivity index (χ2v) is 8.44. The summed E-state index contributed by atoms with van der Waals surface area (Å²) in [6, 6.07) is 7.26. The van der Waals surface area contributed by atoms with Gasteiger partial charge in [-0.15, -0.1) is 0 Å². The first-order valence-corrected chi connectivity index (χ1v) is 9.79. The van der Waals surface area contributed by atoms with Gasteiger partial charge < -0.3 is 14.2 Å². The molecule has 2 heterocycles. The Morgan fingerprint density at radius 2 is 2.17 bits per heavy atom. The lowest BCUT2D eigenvalue weighted by molar-refractivity contribution is 0.0626. The Bertz CT molecular complexity index is 857. The van der Waals surface area contributed by atoms with Gasteiger partial charge in [-0.2, -0.15) is 0 Å². The molecule has 0 spiro atoms. The van der Waals surface area contributed by atoms with E-state index >= 15 is 0 Å². The first-order valence-electron chi connectivity index (χ1n) is 7.97. The van der Waals surface area contributed by atoms with Gasteiger partial charge in [0.15, 0.2) is 9.84 Å². The molecule has 0 N–H and O–H groups in total. The third-order valence-corrected chi connectivity index (χ3v) is 6.36. The summed E-state index contributed by atoms with van der Waals surface area (Å²) in [6.45, 7) is 0.770. The summed E-state index contributed by atoms with van der Waals surface area (Å²) in [5.41, 5.74) is 1.58. The summed E-state index contributed by atoms with van der Waals surface area (Å²) >= 11 is 0. The zero-order valence-electron chi connectivity index (χ0n) is 13.9. The number of methoxy groups -OCH3 is 1. The van der Waals surface area contributed by atoms with Crippen molar-refractivity contribution < 1.29 is 17.9 Å². The van der Waals surface area contributed by atoms with Gasteiger partial charge in [0.25, 0.3) is 5.91 Å². The molecule has 1 saturated heterocycles. The predicted molar refractivity (Wildman–Crippen MR) is 92.9 cm³/mol. The Labute approximate surface area is 141 Å². The lowest BCUT2D eigenvalue weighted by atomic mass is 10.1. The topological polar surface area (TPSA) is 68.6 Å². The second kappa shape index (κ2) is 6.57. The third kappa shape index (κ3) is 3.18. The summed E-state index contributed by atoms with van der Waals surface area (Å²) in [4.78, 5) is 14.8. The van der Waals surface area contributed by atoms with Crippen molar-refractivity contribution in [2.24, 2.45) is 7.05 Å². The van der Waals surface area contributed by atoms with Gasteiger partial charge in [0.05, 0.1) is 18.1 Å². The van der Waals surface area contributed by atoms with Gasteiger partial charge >= 0.3 is 0 Å². The van der Waals surface area contributed by atoms with Gasteiger partial charge in [-0.3, -0.25) is 4.79 Å². The average Bonchev–Trinajstić information content (AvgIpc) is 3.10. The maximum atomic E-state index is 13.1. The van der Waals surface area contributed by atoms with Crippen molar-refractivity contribution in [3.63, 3.8) is 0 Å². The predicted octanol–water partition coefficient (Wildman–Crippen LogP) is 1.45. The maximum Gasteiger partial charge on any atom is 0.254 e. The highest BCUT2D eigenvalue weighted by atomic mass is 32.2. The van der Waals surface area contributed by atoms with Crippen LogP contribution < -0.4 is 0 Å². The fraction of sp³-hybridized carbons (Fsp3) is 0.471. The molecule has 130 valence electrons. The van der Waals surface area contributed by atoms with Crippen LogP contribution in [0.3, 0.4) is 0 Å². The molecular weight excluding hydrogens is 328 g/mol. The van der Waals surface area contributed by atoms with Crippen molar-refractivity contribution >= 4 is 26.6 Å². The van der Waals surface area contributed by atoms with E-state index in [0.717, 1.165) is 10.9 Å². The van der Waals surface area contributed by atoms with E-state index in [2.05, 4.69) is 0 Å². The van der Waals surface area contributed by atoms with Gasteiger partial charge in [-0.05, 0) is 24.6 Å². The number of ether oxygens (including phenoxy) is 1. The number of amides is 1. The van der Waals surface area contributed by atoms with Gasteiger partial charge in [0, 0.05) is 49.4 Å². The number of hydrogen-bond donors (Lipinski definition) is 0. The van der Waals surface area contributed by atoms with Crippen LogP contribution >= 0.6 is 0 Å². The minimum atomic E-state index is -3.06. The molecule has 1 aromatic carbocycles. The molecule has 2 aromatic rings. The SMILES string of the molecule is COCCN(C(=O)c1cccc2c1ccn2C)C1CCS(=O)(=O)C1. The lowest BCUT2D eigenvalue weighted by Gasteiger charge is -2.28. The molecule has 1 aliphatic heterocycles. The molecule has 1 amide bonds. The van der Waals surface area contributed by atoms with Crippen molar-refractivity contribution in [3.05, 3.63) is 36.0 Å². The quantitative estimate of drug-likeness (QED) is 0.819. The molecule has 0 saturated carbocycles. The van der Waals surface area contributed by atoms with Crippen LogP contribution in [-0.4, -0.2) is 61.6 Å². The summed E-state index contributed by atoms with van der Waals surface area (Å²) in [7, 11) is 0.450. The molecule has 24 heavy (non-hydrogen) atoms. The molecule has 0 bridgehead atoms. The number of carbonyl (C=O) groups is 1. The van der Waals surface area contributed by atoms with E-state index in [-0.39, 0.29) is 23.5 Å². The number of aryl methyl sites for hydroxylation is 1. The Hall–Kier alpha value is -1.86. The first kappa shape index (κ1) is 17.0. The lowest BCUT2D eigenvalue weighted by Crippen LogP contribution is -2.43. The fourth-order valence-electron chi connectivity index (χ4n) is 3.30. The Balaban J connectivity index is 1.96. The van der Waals surface area contributed by atoms with E-state index < -0.39 is 9.84 Å². The van der Waals surface area contributed by atoms with Crippen LogP contribution in [0.4, 0.5) is 0 Å². The van der Waals surface area contributed by atoms with Crippen molar-refractivity contribution in [1.29, 1.82) is 0 Å². The fourth-order valence-corrected chi connectivity index (χ4v) is 5.04. The van der Waals surface area contributed by atoms with E-state index in [1.165, 1.54) is 0 Å². The summed E-state index contributed by atoms with van der Waals surface area (Å²) in [5.74, 6) is 0.0444. The van der Waals surface area contributed by atoms with Gasteiger partial charge in [-0.25, -0.2) is 8.42 Å². The number of fused-ring (bicyclic) bond motifs is 1. The number of benzene rings is 1. The number of rotatable bonds is 5. The molecule has 0 radical (unpaired) electrons. The maximum absolute atomic E-state index is 13.1. The summed E-state index contributed by atoms with van der Waals surface area (Å²) in [5, 5.41) is 0.883. The number of hydrogen-bond acceptors (Lipinski definition) is 4. The smallest absolute Gasteiger partial charge is 0.254 e. The molecule has 1 atom stereocenters. The molecule has 0 aliphatic carbocycles. The molecule has 1 aliphatic rings.